The van der Waals surface area contributed by atoms with Crippen LogP contribution in [-0.2, 0) is 6.42 Å². The molecule has 6 heteroatoms. The maximum atomic E-state index is 13.3. The number of piperazine rings is 1. The highest BCUT2D eigenvalue weighted by molar-refractivity contribution is 5.90. The van der Waals surface area contributed by atoms with Crippen LogP contribution in [0, 0.1) is 0 Å². The quantitative estimate of drug-likeness (QED) is 0.523. The van der Waals surface area contributed by atoms with Crippen LogP contribution in [0.25, 0.3) is 22.6 Å². The first-order valence-corrected chi connectivity index (χ1v) is 10.8. The molecule has 0 bridgehead atoms. The fourth-order valence-corrected chi connectivity index (χ4v) is 4.18. The molecule has 1 aromatic heterocycles. The van der Waals surface area contributed by atoms with Crippen molar-refractivity contribution in [2.45, 2.75) is 12.5 Å². The van der Waals surface area contributed by atoms with Crippen molar-refractivity contribution >= 4 is 5.91 Å². The number of hydrogen-bond donors (Lipinski definition) is 1. The summed E-state index contributed by atoms with van der Waals surface area (Å²) < 4.78 is 5.91. The molecule has 0 saturated carbocycles. The van der Waals surface area contributed by atoms with Crippen molar-refractivity contribution < 1.29 is 9.21 Å². The van der Waals surface area contributed by atoms with E-state index in [0.29, 0.717) is 12.4 Å². The maximum absolute atomic E-state index is 13.3. The van der Waals surface area contributed by atoms with E-state index in [9.17, 15) is 4.79 Å². The number of hydrogen-bond acceptors (Lipinski definition) is 5. The Bertz CT molecular complexity index is 1190. The molecule has 160 valence electrons. The topological polar surface area (TPSA) is 71.3 Å². The van der Waals surface area contributed by atoms with Crippen LogP contribution in [0.15, 0.2) is 89.3 Å². The fourth-order valence-electron chi connectivity index (χ4n) is 4.18. The molecule has 1 atom stereocenters. The summed E-state index contributed by atoms with van der Waals surface area (Å²) in [5, 5.41) is 11.7. The van der Waals surface area contributed by atoms with Crippen molar-refractivity contribution in [3.05, 3.63) is 96.4 Å². The zero-order chi connectivity index (χ0) is 21.8. The van der Waals surface area contributed by atoms with E-state index in [1.807, 2.05) is 77.7 Å². The Morgan fingerprint density at radius 1 is 0.906 bits per heavy atom. The zero-order valence-corrected chi connectivity index (χ0v) is 17.6. The highest BCUT2D eigenvalue weighted by Crippen LogP contribution is 2.31. The minimum atomic E-state index is -0.219. The van der Waals surface area contributed by atoms with Gasteiger partial charge in [0.2, 0.25) is 5.89 Å². The lowest BCUT2D eigenvalue weighted by atomic mass is 10.00. The third-order valence-electron chi connectivity index (χ3n) is 5.78. The first kappa shape index (κ1) is 20.2. The van der Waals surface area contributed by atoms with Gasteiger partial charge in [-0.3, -0.25) is 4.79 Å². The number of amides is 1. The summed E-state index contributed by atoms with van der Waals surface area (Å²) in [6.07, 6.45) is 0.775. The van der Waals surface area contributed by atoms with E-state index in [0.717, 1.165) is 36.2 Å². The third kappa shape index (κ3) is 4.18. The van der Waals surface area contributed by atoms with E-state index in [2.05, 4.69) is 27.6 Å². The summed E-state index contributed by atoms with van der Waals surface area (Å²) in [5.41, 5.74) is 4.05. The van der Waals surface area contributed by atoms with Gasteiger partial charge in [0.25, 0.3) is 0 Å². The van der Waals surface area contributed by atoms with Gasteiger partial charge in [0.15, 0.2) is 0 Å². The van der Waals surface area contributed by atoms with Gasteiger partial charge in [-0.25, -0.2) is 0 Å². The summed E-state index contributed by atoms with van der Waals surface area (Å²) in [5.74, 6) is 0.161. The number of carbonyl (C=O) groups is 1. The van der Waals surface area contributed by atoms with Crippen molar-refractivity contribution in [1.82, 2.24) is 20.4 Å². The van der Waals surface area contributed by atoms with E-state index < -0.39 is 0 Å². The van der Waals surface area contributed by atoms with Gasteiger partial charge in [0, 0.05) is 31.2 Å². The van der Waals surface area contributed by atoms with Crippen LogP contribution < -0.4 is 5.32 Å². The monoisotopic (exact) mass is 424 g/mol. The number of nitrogens with one attached hydrogen (secondary N) is 1. The Hall–Kier alpha value is -3.77. The van der Waals surface area contributed by atoms with E-state index >= 15 is 0 Å². The molecule has 6 nitrogen and oxygen atoms in total. The second-order valence-electron chi connectivity index (χ2n) is 7.87. The van der Waals surface area contributed by atoms with E-state index in [1.54, 1.807) is 0 Å². The normalized spacial score (nSPS) is 16.1. The van der Waals surface area contributed by atoms with Gasteiger partial charge in [-0.05, 0) is 29.2 Å². The lowest BCUT2D eigenvalue weighted by Gasteiger charge is -2.35. The molecular formula is C26H24N4O2. The molecule has 1 fully saturated rings. The van der Waals surface area contributed by atoms with Gasteiger partial charge in [0.1, 0.15) is 0 Å². The second-order valence-corrected chi connectivity index (χ2v) is 7.87. The smallest absolute Gasteiger partial charge is 0.311 e. The predicted octanol–water partition coefficient (Wildman–Crippen LogP) is 4.06. The highest BCUT2D eigenvalue weighted by atomic mass is 16.4. The Kier molecular flexibility index (Phi) is 5.77. The van der Waals surface area contributed by atoms with Crippen LogP contribution in [0.1, 0.15) is 16.2 Å². The lowest BCUT2D eigenvalue weighted by Crippen LogP contribution is -2.54. The van der Waals surface area contributed by atoms with Crippen LogP contribution in [0.5, 0.6) is 0 Å². The van der Waals surface area contributed by atoms with Crippen molar-refractivity contribution in [2.75, 3.05) is 19.6 Å². The molecule has 1 saturated heterocycles. The molecule has 1 aliphatic rings. The molecule has 4 aromatic rings. The van der Waals surface area contributed by atoms with Gasteiger partial charge in [-0.1, -0.05) is 78.9 Å². The Balaban J connectivity index is 1.40. The van der Waals surface area contributed by atoms with Crippen LogP contribution in [0.3, 0.4) is 0 Å². The zero-order valence-electron chi connectivity index (χ0n) is 17.6. The highest BCUT2D eigenvalue weighted by Gasteiger charge is 2.31. The van der Waals surface area contributed by atoms with Gasteiger partial charge in [-0.15, -0.1) is 10.2 Å². The van der Waals surface area contributed by atoms with Gasteiger partial charge in [0.05, 0.1) is 0 Å². The molecule has 1 aliphatic heterocycles. The van der Waals surface area contributed by atoms with E-state index in [1.165, 1.54) is 5.56 Å². The lowest BCUT2D eigenvalue weighted by molar-refractivity contribution is 0.0596. The maximum Gasteiger partial charge on any atom is 0.311 e. The van der Waals surface area contributed by atoms with Crippen molar-refractivity contribution in [3.63, 3.8) is 0 Å². The van der Waals surface area contributed by atoms with E-state index in [4.69, 9.17) is 4.42 Å². The van der Waals surface area contributed by atoms with Crippen molar-refractivity contribution in [2.24, 2.45) is 0 Å². The van der Waals surface area contributed by atoms with Crippen molar-refractivity contribution in [3.8, 4) is 22.6 Å². The van der Waals surface area contributed by atoms with Crippen LogP contribution >= 0.6 is 0 Å². The Labute approximate surface area is 186 Å². The molecular weight excluding hydrogens is 400 g/mol. The molecule has 0 radical (unpaired) electrons. The molecule has 0 unspecified atom stereocenters. The molecule has 1 amide bonds. The SMILES string of the molecule is O=C(c1nnc(-c2ccccc2-c2ccccc2)o1)N1CCNC[C@H]1Cc1ccccc1. The molecule has 0 spiro atoms. The first-order chi connectivity index (χ1) is 15.8. The van der Waals surface area contributed by atoms with Crippen LogP contribution in [0.4, 0.5) is 0 Å². The molecule has 0 aliphatic carbocycles. The summed E-state index contributed by atoms with van der Waals surface area (Å²) in [6.45, 7) is 2.09. The summed E-state index contributed by atoms with van der Waals surface area (Å²) in [6, 6.07) is 28.1. The predicted molar refractivity (Wildman–Crippen MR) is 123 cm³/mol. The number of aromatic nitrogens is 2. The molecule has 2 heterocycles. The van der Waals surface area contributed by atoms with Gasteiger partial charge < -0.3 is 14.6 Å². The molecule has 1 N–H and O–H groups in total. The number of nitrogens with zero attached hydrogens (tertiary/aromatic N) is 3. The first-order valence-electron chi connectivity index (χ1n) is 10.8. The Morgan fingerprint density at radius 2 is 1.59 bits per heavy atom. The standard InChI is InChI=1S/C26H24N4O2/c31-26(30-16-15-27-18-21(30)17-19-9-3-1-4-10-19)25-29-28-24(32-25)23-14-8-7-13-22(23)20-11-5-2-6-12-20/h1-14,21,27H,15-18H2/t21-/m1/s1. The van der Waals surface area contributed by atoms with Gasteiger partial charge >= 0.3 is 11.8 Å². The minimum absolute atomic E-state index is 0.0304. The average Bonchev–Trinajstić information content (AvgIpc) is 3.35. The van der Waals surface area contributed by atoms with Crippen LogP contribution in [-0.4, -0.2) is 46.7 Å². The second kappa shape index (κ2) is 9.16. The average molecular weight is 425 g/mol. The molecule has 5 rings (SSSR count). The molecule has 3 aromatic carbocycles. The summed E-state index contributed by atoms with van der Waals surface area (Å²) in [7, 11) is 0. The van der Waals surface area contributed by atoms with E-state index in [-0.39, 0.29) is 17.8 Å². The fraction of sp³-hybridized carbons (Fsp3) is 0.192. The largest absolute Gasteiger partial charge is 0.412 e. The summed E-state index contributed by atoms with van der Waals surface area (Å²) >= 11 is 0. The minimum Gasteiger partial charge on any atom is -0.412 e. The van der Waals surface area contributed by atoms with Crippen LogP contribution in [0.2, 0.25) is 0 Å². The third-order valence-corrected chi connectivity index (χ3v) is 5.78. The summed E-state index contributed by atoms with van der Waals surface area (Å²) in [4.78, 5) is 15.2. The van der Waals surface area contributed by atoms with Gasteiger partial charge in [-0.2, -0.15) is 0 Å². The molecule has 32 heavy (non-hydrogen) atoms. The number of rotatable bonds is 5. The number of benzene rings is 3. The Morgan fingerprint density at radius 3 is 2.38 bits per heavy atom. The number of carbonyl (C=O) groups excluding carboxylic acids is 1. The van der Waals surface area contributed by atoms with Crippen molar-refractivity contribution in [1.29, 1.82) is 0 Å².